The predicted molar refractivity (Wildman–Crippen MR) is 76.4 cm³/mol. The van der Waals surface area contributed by atoms with Crippen LogP contribution in [0.1, 0.15) is 54.9 Å². The zero-order valence-electron chi connectivity index (χ0n) is 11.8. The first-order valence-electron chi connectivity index (χ1n) is 7.18. The summed E-state index contributed by atoms with van der Waals surface area (Å²) in [6.45, 7) is 2.57. The van der Waals surface area contributed by atoms with Crippen LogP contribution in [0.4, 0.5) is 0 Å². The van der Waals surface area contributed by atoms with Crippen molar-refractivity contribution >= 4 is 11.9 Å². The van der Waals surface area contributed by atoms with Crippen LogP contribution < -0.4 is 5.32 Å². The molecule has 4 nitrogen and oxygen atoms in total. The number of aromatic carboxylic acids is 1. The number of carboxylic acids is 1. The summed E-state index contributed by atoms with van der Waals surface area (Å²) in [6, 6.07) is 6.62. The summed E-state index contributed by atoms with van der Waals surface area (Å²) in [5.74, 6) is -0.787. The highest BCUT2D eigenvalue weighted by Gasteiger charge is 2.42. The van der Waals surface area contributed by atoms with Gasteiger partial charge in [-0.1, -0.05) is 31.9 Å². The first kappa shape index (κ1) is 14.6. The number of nitrogens with one attached hydrogen (secondary N) is 1. The second-order valence-corrected chi connectivity index (χ2v) is 5.57. The highest BCUT2D eigenvalue weighted by molar-refractivity contribution is 5.87. The van der Waals surface area contributed by atoms with E-state index in [1.807, 2.05) is 0 Å². The number of hydrogen-bond acceptors (Lipinski definition) is 2. The molecule has 0 aliphatic heterocycles. The molecule has 108 valence electrons. The zero-order valence-corrected chi connectivity index (χ0v) is 11.8. The van der Waals surface area contributed by atoms with Gasteiger partial charge in [0.25, 0.3) is 0 Å². The van der Waals surface area contributed by atoms with Crippen molar-refractivity contribution in [1.29, 1.82) is 0 Å². The van der Waals surface area contributed by atoms with Gasteiger partial charge in [0, 0.05) is 12.0 Å². The smallest absolute Gasteiger partial charge is 0.335 e. The van der Waals surface area contributed by atoms with Crippen LogP contribution in [0.2, 0.25) is 0 Å². The summed E-state index contributed by atoms with van der Waals surface area (Å²) in [4.78, 5) is 23.0. The normalized spacial score (nSPS) is 16.2. The van der Waals surface area contributed by atoms with Crippen molar-refractivity contribution in [2.45, 2.75) is 45.6 Å². The molecule has 0 radical (unpaired) electrons. The minimum Gasteiger partial charge on any atom is -0.478 e. The molecule has 1 amide bonds. The molecule has 0 bridgehead atoms. The molecule has 0 unspecified atom stereocenters. The maximum Gasteiger partial charge on any atom is 0.335 e. The van der Waals surface area contributed by atoms with Gasteiger partial charge in [-0.05, 0) is 37.0 Å². The molecule has 1 saturated carbocycles. The van der Waals surface area contributed by atoms with Crippen LogP contribution >= 0.6 is 0 Å². The lowest BCUT2D eigenvalue weighted by molar-refractivity contribution is -0.136. The molecule has 2 N–H and O–H groups in total. The van der Waals surface area contributed by atoms with Crippen molar-refractivity contribution in [2.24, 2.45) is 5.41 Å². The third-order valence-corrected chi connectivity index (χ3v) is 4.17. The number of hydrogen-bond donors (Lipinski definition) is 2. The molecule has 0 aromatic heterocycles. The van der Waals surface area contributed by atoms with Gasteiger partial charge in [0.2, 0.25) is 5.91 Å². The van der Waals surface area contributed by atoms with Gasteiger partial charge in [-0.25, -0.2) is 4.79 Å². The van der Waals surface area contributed by atoms with Crippen LogP contribution in [0.3, 0.4) is 0 Å². The molecule has 0 saturated heterocycles. The van der Waals surface area contributed by atoms with E-state index in [-0.39, 0.29) is 16.9 Å². The minimum atomic E-state index is -0.933. The topological polar surface area (TPSA) is 66.4 Å². The van der Waals surface area contributed by atoms with Crippen molar-refractivity contribution in [3.8, 4) is 0 Å². The molecule has 1 aliphatic carbocycles. The summed E-state index contributed by atoms with van der Waals surface area (Å²) in [6.07, 6.45) is 5.10. The Balaban J connectivity index is 1.91. The van der Waals surface area contributed by atoms with Gasteiger partial charge in [0.1, 0.15) is 0 Å². The molecule has 1 aliphatic rings. The highest BCUT2D eigenvalue weighted by atomic mass is 16.4. The standard InChI is InChI=1S/C16H21NO3/c1-2-8-16(9-3-10-16)15(20)17-11-12-4-6-13(7-5-12)14(18)19/h4-7H,2-3,8-11H2,1H3,(H,17,20)(H,18,19). The summed E-state index contributed by atoms with van der Waals surface area (Å²) in [5, 5.41) is 11.8. The first-order chi connectivity index (χ1) is 9.57. The molecular weight excluding hydrogens is 254 g/mol. The van der Waals surface area contributed by atoms with E-state index >= 15 is 0 Å². The summed E-state index contributed by atoms with van der Waals surface area (Å²) in [7, 11) is 0. The Kier molecular flexibility index (Phi) is 4.42. The fraction of sp³-hybridized carbons (Fsp3) is 0.500. The van der Waals surface area contributed by atoms with Crippen LogP contribution in [0.15, 0.2) is 24.3 Å². The van der Waals surface area contributed by atoms with Crippen molar-refractivity contribution in [2.75, 3.05) is 0 Å². The predicted octanol–water partition coefficient (Wildman–Crippen LogP) is 2.97. The van der Waals surface area contributed by atoms with E-state index < -0.39 is 5.97 Å². The Bertz CT molecular complexity index is 489. The fourth-order valence-corrected chi connectivity index (χ4v) is 2.81. The Hall–Kier alpha value is -1.84. The van der Waals surface area contributed by atoms with Gasteiger partial charge in [-0.2, -0.15) is 0 Å². The Morgan fingerprint density at radius 2 is 1.90 bits per heavy atom. The SMILES string of the molecule is CCCC1(C(=O)NCc2ccc(C(=O)O)cc2)CCC1. The Labute approximate surface area is 119 Å². The van der Waals surface area contributed by atoms with Crippen LogP contribution in [-0.2, 0) is 11.3 Å². The molecular formula is C16H21NO3. The lowest BCUT2D eigenvalue weighted by atomic mass is 9.65. The van der Waals surface area contributed by atoms with Crippen LogP contribution in [0.5, 0.6) is 0 Å². The Morgan fingerprint density at radius 1 is 1.25 bits per heavy atom. The van der Waals surface area contributed by atoms with Gasteiger partial charge >= 0.3 is 5.97 Å². The quantitative estimate of drug-likeness (QED) is 0.838. The summed E-state index contributed by atoms with van der Waals surface area (Å²) < 4.78 is 0. The maximum absolute atomic E-state index is 12.3. The van der Waals surface area contributed by atoms with Crippen LogP contribution in [-0.4, -0.2) is 17.0 Å². The molecule has 0 spiro atoms. The lowest BCUT2D eigenvalue weighted by Crippen LogP contribution is -2.45. The van der Waals surface area contributed by atoms with E-state index in [0.717, 1.165) is 37.7 Å². The summed E-state index contributed by atoms with van der Waals surface area (Å²) >= 11 is 0. The number of carboxylic acid groups (broad SMARTS) is 1. The van der Waals surface area contributed by atoms with Crippen LogP contribution in [0.25, 0.3) is 0 Å². The average molecular weight is 275 g/mol. The molecule has 1 aromatic rings. The second-order valence-electron chi connectivity index (χ2n) is 5.57. The molecule has 1 aromatic carbocycles. The number of benzene rings is 1. The van der Waals surface area contributed by atoms with E-state index in [9.17, 15) is 9.59 Å². The molecule has 2 rings (SSSR count). The number of carbonyl (C=O) groups is 2. The Morgan fingerprint density at radius 3 is 2.35 bits per heavy atom. The third-order valence-electron chi connectivity index (χ3n) is 4.17. The largest absolute Gasteiger partial charge is 0.478 e. The average Bonchev–Trinajstić information content (AvgIpc) is 2.40. The fourth-order valence-electron chi connectivity index (χ4n) is 2.81. The van der Waals surface area contributed by atoms with E-state index in [2.05, 4.69) is 12.2 Å². The molecule has 1 fully saturated rings. The number of rotatable bonds is 6. The van der Waals surface area contributed by atoms with E-state index in [4.69, 9.17) is 5.11 Å². The number of carbonyl (C=O) groups excluding carboxylic acids is 1. The van der Waals surface area contributed by atoms with E-state index in [0.29, 0.717) is 6.54 Å². The minimum absolute atomic E-state index is 0.143. The monoisotopic (exact) mass is 275 g/mol. The van der Waals surface area contributed by atoms with E-state index in [1.165, 1.54) is 0 Å². The third kappa shape index (κ3) is 3.00. The van der Waals surface area contributed by atoms with E-state index in [1.54, 1.807) is 24.3 Å². The first-order valence-corrected chi connectivity index (χ1v) is 7.18. The van der Waals surface area contributed by atoms with Gasteiger partial charge in [0.15, 0.2) is 0 Å². The van der Waals surface area contributed by atoms with Crippen molar-refractivity contribution < 1.29 is 14.7 Å². The van der Waals surface area contributed by atoms with Crippen molar-refractivity contribution in [3.05, 3.63) is 35.4 Å². The van der Waals surface area contributed by atoms with Crippen molar-refractivity contribution in [3.63, 3.8) is 0 Å². The second kappa shape index (κ2) is 6.07. The lowest BCUT2D eigenvalue weighted by Gasteiger charge is -2.40. The molecule has 4 heteroatoms. The highest BCUT2D eigenvalue weighted by Crippen LogP contribution is 2.44. The van der Waals surface area contributed by atoms with Gasteiger partial charge in [0.05, 0.1) is 5.56 Å². The number of amides is 1. The van der Waals surface area contributed by atoms with Gasteiger partial charge in [-0.3, -0.25) is 4.79 Å². The molecule has 0 atom stereocenters. The summed E-state index contributed by atoms with van der Waals surface area (Å²) in [5.41, 5.74) is 1.05. The van der Waals surface area contributed by atoms with Gasteiger partial charge < -0.3 is 10.4 Å². The van der Waals surface area contributed by atoms with Gasteiger partial charge in [-0.15, -0.1) is 0 Å². The van der Waals surface area contributed by atoms with Crippen LogP contribution in [0, 0.1) is 5.41 Å². The maximum atomic E-state index is 12.3. The zero-order chi connectivity index (χ0) is 14.6. The molecule has 0 heterocycles. The molecule has 20 heavy (non-hydrogen) atoms. The van der Waals surface area contributed by atoms with Crippen molar-refractivity contribution in [1.82, 2.24) is 5.32 Å².